The lowest BCUT2D eigenvalue weighted by atomic mass is 9.91. The molecule has 1 aliphatic heterocycles. The first-order chi connectivity index (χ1) is 17.9. The first-order valence-corrected chi connectivity index (χ1v) is 12.6. The largest absolute Gasteiger partial charge is 0.497 e. The predicted molar refractivity (Wildman–Crippen MR) is 141 cm³/mol. The van der Waals surface area contributed by atoms with Crippen LogP contribution in [0, 0.1) is 0 Å². The average molecular weight is 510 g/mol. The van der Waals surface area contributed by atoms with Gasteiger partial charge in [0.1, 0.15) is 5.75 Å². The molecule has 4 N–H and O–H groups in total. The van der Waals surface area contributed by atoms with Gasteiger partial charge in [0.05, 0.1) is 25.6 Å². The third-order valence-electron chi connectivity index (χ3n) is 7.01. The minimum absolute atomic E-state index is 0.0536. The number of carbonyl (C=O) groups excluding carboxylic acids is 3. The smallest absolute Gasteiger partial charge is 0.411 e. The maximum atomic E-state index is 13.0. The predicted octanol–water partition coefficient (Wildman–Crippen LogP) is 2.84. The zero-order chi connectivity index (χ0) is 26.4. The van der Waals surface area contributed by atoms with Crippen molar-refractivity contribution in [3.63, 3.8) is 0 Å². The lowest BCUT2D eigenvalue weighted by Crippen LogP contribution is -2.49. The number of ether oxygens (including phenoxy) is 2. The van der Waals surface area contributed by atoms with Gasteiger partial charge < -0.3 is 30.3 Å². The van der Waals surface area contributed by atoms with Crippen LogP contribution >= 0.6 is 0 Å². The molecular formula is C27H35N5O5. The summed E-state index contributed by atoms with van der Waals surface area (Å²) >= 11 is 0. The summed E-state index contributed by atoms with van der Waals surface area (Å²) in [6, 6.07) is 12.7. The molecule has 2 aliphatic rings. The number of amides is 3. The molecular weight excluding hydrogens is 474 g/mol. The maximum Gasteiger partial charge on any atom is 0.411 e. The molecule has 1 heterocycles. The monoisotopic (exact) mass is 509 g/mol. The van der Waals surface area contributed by atoms with Crippen LogP contribution in [0.25, 0.3) is 0 Å². The molecule has 10 nitrogen and oxygen atoms in total. The molecule has 3 amide bonds. The highest BCUT2D eigenvalue weighted by Gasteiger charge is 2.26. The Kier molecular flexibility index (Phi) is 8.50. The third kappa shape index (κ3) is 6.51. The van der Waals surface area contributed by atoms with E-state index in [0.29, 0.717) is 48.7 Å². The van der Waals surface area contributed by atoms with E-state index >= 15 is 0 Å². The van der Waals surface area contributed by atoms with E-state index in [9.17, 15) is 14.4 Å². The van der Waals surface area contributed by atoms with Crippen LogP contribution in [0.1, 0.15) is 46.4 Å². The Morgan fingerprint density at radius 3 is 2.32 bits per heavy atom. The molecule has 198 valence electrons. The molecule has 0 atom stereocenters. The lowest BCUT2D eigenvalue weighted by Gasteiger charge is -2.37. The van der Waals surface area contributed by atoms with Crippen LogP contribution in [0.3, 0.4) is 0 Å². The van der Waals surface area contributed by atoms with E-state index in [4.69, 9.17) is 15.2 Å². The van der Waals surface area contributed by atoms with Crippen molar-refractivity contribution in [3.8, 4) is 5.75 Å². The summed E-state index contributed by atoms with van der Waals surface area (Å²) in [6.45, 7) is 2.17. The lowest BCUT2D eigenvalue weighted by molar-refractivity contribution is 0.0746. The van der Waals surface area contributed by atoms with Crippen LogP contribution < -0.4 is 26.0 Å². The number of benzene rings is 2. The minimum atomic E-state index is -0.619. The molecule has 2 aromatic carbocycles. The summed E-state index contributed by atoms with van der Waals surface area (Å²) in [4.78, 5) is 41.9. The van der Waals surface area contributed by atoms with E-state index in [1.54, 1.807) is 48.4 Å². The Morgan fingerprint density at radius 2 is 1.65 bits per heavy atom. The van der Waals surface area contributed by atoms with E-state index in [1.807, 2.05) is 6.07 Å². The van der Waals surface area contributed by atoms with Crippen molar-refractivity contribution in [1.29, 1.82) is 0 Å². The van der Waals surface area contributed by atoms with Crippen molar-refractivity contribution >= 4 is 29.3 Å². The first kappa shape index (κ1) is 26.3. The van der Waals surface area contributed by atoms with Gasteiger partial charge in [0.15, 0.2) is 0 Å². The quantitative estimate of drug-likeness (QED) is 0.547. The van der Waals surface area contributed by atoms with Crippen molar-refractivity contribution in [2.75, 3.05) is 50.6 Å². The Labute approximate surface area is 217 Å². The number of nitrogens with zero attached hydrogens (tertiary/aromatic N) is 2. The topological polar surface area (TPSA) is 126 Å². The van der Waals surface area contributed by atoms with Crippen molar-refractivity contribution in [3.05, 3.63) is 53.6 Å². The molecule has 4 rings (SSSR count). The van der Waals surface area contributed by atoms with E-state index in [1.165, 1.54) is 7.11 Å². The molecule has 0 spiro atoms. The molecule has 0 aromatic heterocycles. The number of anilines is 2. The Balaban J connectivity index is 1.45. The fourth-order valence-electron chi connectivity index (χ4n) is 4.84. The number of rotatable bonds is 6. The Morgan fingerprint density at radius 1 is 0.919 bits per heavy atom. The van der Waals surface area contributed by atoms with Gasteiger partial charge in [-0.15, -0.1) is 0 Å². The number of nitrogens with one attached hydrogen (secondary N) is 2. The number of hydrogen-bond donors (Lipinski definition) is 3. The zero-order valence-corrected chi connectivity index (χ0v) is 21.4. The summed E-state index contributed by atoms with van der Waals surface area (Å²) in [5.74, 6) is 0.398. The molecule has 0 bridgehead atoms. The number of piperazine rings is 1. The van der Waals surface area contributed by atoms with Gasteiger partial charge in [0, 0.05) is 49.4 Å². The zero-order valence-electron chi connectivity index (χ0n) is 21.4. The summed E-state index contributed by atoms with van der Waals surface area (Å²) < 4.78 is 10.0. The Hall–Kier alpha value is -3.79. The van der Waals surface area contributed by atoms with Crippen LogP contribution in [0.15, 0.2) is 42.5 Å². The van der Waals surface area contributed by atoms with E-state index in [-0.39, 0.29) is 23.9 Å². The first-order valence-electron chi connectivity index (χ1n) is 12.6. The fraction of sp³-hybridized carbons (Fsp3) is 0.444. The van der Waals surface area contributed by atoms with Gasteiger partial charge in [0.2, 0.25) is 0 Å². The molecule has 2 aromatic rings. The van der Waals surface area contributed by atoms with Gasteiger partial charge in [-0.3, -0.25) is 14.9 Å². The molecule has 1 saturated carbocycles. The van der Waals surface area contributed by atoms with Crippen LogP contribution in [0.4, 0.5) is 16.2 Å². The molecule has 1 aliphatic carbocycles. The molecule has 0 radical (unpaired) electrons. The summed E-state index contributed by atoms with van der Waals surface area (Å²) in [5.41, 5.74) is 8.26. The SMILES string of the molecule is COC(=O)Nc1cc(C(=O)NC2CCC(N)CC2)ccc1N1CCN(C(=O)c2cccc(OC)c2)CC1. The van der Waals surface area contributed by atoms with Crippen LogP contribution in [-0.2, 0) is 4.74 Å². The molecule has 1 saturated heterocycles. The van der Waals surface area contributed by atoms with Crippen LogP contribution in [0.5, 0.6) is 5.75 Å². The van der Waals surface area contributed by atoms with Crippen LogP contribution in [0.2, 0.25) is 0 Å². The number of carbonyl (C=O) groups is 3. The summed E-state index contributed by atoms with van der Waals surface area (Å²) in [5, 5.41) is 5.83. The van der Waals surface area contributed by atoms with Gasteiger partial charge in [-0.1, -0.05) is 6.07 Å². The minimum Gasteiger partial charge on any atom is -0.497 e. The van der Waals surface area contributed by atoms with Gasteiger partial charge >= 0.3 is 6.09 Å². The van der Waals surface area contributed by atoms with Crippen LogP contribution in [-0.4, -0.2) is 75.3 Å². The normalized spacial score (nSPS) is 19.6. The number of methoxy groups -OCH3 is 2. The highest BCUT2D eigenvalue weighted by atomic mass is 16.5. The number of nitrogens with two attached hydrogens (primary N) is 1. The van der Waals surface area contributed by atoms with Gasteiger partial charge in [-0.2, -0.15) is 0 Å². The van der Waals surface area contributed by atoms with E-state index < -0.39 is 6.09 Å². The molecule has 37 heavy (non-hydrogen) atoms. The molecule has 10 heteroatoms. The van der Waals surface area contributed by atoms with Gasteiger partial charge in [0.25, 0.3) is 11.8 Å². The maximum absolute atomic E-state index is 13.0. The van der Waals surface area contributed by atoms with Gasteiger partial charge in [-0.25, -0.2) is 4.79 Å². The summed E-state index contributed by atoms with van der Waals surface area (Å²) in [6.07, 6.45) is 2.89. The van der Waals surface area contributed by atoms with Crippen molar-refractivity contribution < 1.29 is 23.9 Å². The summed E-state index contributed by atoms with van der Waals surface area (Å²) in [7, 11) is 2.87. The second-order valence-electron chi connectivity index (χ2n) is 9.44. The fourth-order valence-corrected chi connectivity index (χ4v) is 4.84. The third-order valence-corrected chi connectivity index (χ3v) is 7.01. The Bertz CT molecular complexity index is 1120. The second-order valence-corrected chi connectivity index (χ2v) is 9.44. The standard InChI is InChI=1S/C27H35N5O5/c1-36-22-5-3-4-19(16-22)26(34)32-14-12-31(13-15-32)24-11-6-18(17-23(24)30-27(35)37-2)25(33)29-21-9-7-20(28)8-10-21/h3-6,11,16-17,20-21H,7-10,12-15,28H2,1-2H3,(H,29,33)(H,30,35). The highest BCUT2D eigenvalue weighted by Crippen LogP contribution is 2.29. The average Bonchev–Trinajstić information content (AvgIpc) is 2.94. The molecule has 2 fully saturated rings. The van der Waals surface area contributed by atoms with E-state index in [2.05, 4.69) is 15.5 Å². The van der Waals surface area contributed by atoms with E-state index in [0.717, 1.165) is 31.4 Å². The van der Waals surface area contributed by atoms with Crippen molar-refractivity contribution in [1.82, 2.24) is 10.2 Å². The van der Waals surface area contributed by atoms with Crippen molar-refractivity contribution in [2.45, 2.75) is 37.8 Å². The molecule has 0 unspecified atom stereocenters. The van der Waals surface area contributed by atoms with Gasteiger partial charge in [-0.05, 0) is 62.1 Å². The highest BCUT2D eigenvalue weighted by molar-refractivity contribution is 5.99. The number of hydrogen-bond acceptors (Lipinski definition) is 7. The van der Waals surface area contributed by atoms with Crippen molar-refractivity contribution in [2.24, 2.45) is 5.73 Å². The second kappa shape index (κ2) is 12.0.